The van der Waals surface area contributed by atoms with Gasteiger partial charge in [-0.25, -0.2) is 8.42 Å². The highest BCUT2D eigenvalue weighted by Gasteiger charge is 2.14. The van der Waals surface area contributed by atoms with Gasteiger partial charge in [0.15, 0.2) is 0 Å². The molecule has 2 aromatic rings. The smallest absolute Gasteiger partial charge is 0.251 e. The molecular formula is C18H20Cl2N2O3S2. The van der Waals surface area contributed by atoms with E-state index in [2.05, 4.69) is 5.32 Å². The minimum absolute atomic E-state index is 0.255. The Hall–Kier alpha value is -1.41. The van der Waals surface area contributed by atoms with E-state index in [-0.39, 0.29) is 5.91 Å². The second-order valence-corrected chi connectivity index (χ2v) is 9.72. The lowest BCUT2D eigenvalue weighted by atomic mass is 10.2. The lowest BCUT2D eigenvalue weighted by Crippen LogP contribution is -2.27. The monoisotopic (exact) mass is 446 g/mol. The molecule has 1 amide bonds. The van der Waals surface area contributed by atoms with Gasteiger partial charge in [0.25, 0.3) is 5.91 Å². The average molecular weight is 447 g/mol. The number of halogens is 2. The number of thioether (sulfide) groups is 1. The van der Waals surface area contributed by atoms with Crippen molar-refractivity contribution in [2.24, 2.45) is 0 Å². The van der Waals surface area contributed by atoms with Crippen molar-refractivity contribution in [1.29, 1.82) is 0 Å². The Balaban J connectivity index is 1.86. The predicted octanol–water partition coefficient (Wildman–Crippen LogP) is 4.05. The van der Waals surface area contributed by atoms with E-state index in [9.17, 15) is 13.2 Å². The molecule has 0 radical (unpaired) electrons. The number of rotatable bonds is 8. The van der Waals surface area contributed by atoms with Crippen LogP contribution in [-0.4, -0.2) is 39.9 Å². The third kappa shape index (κ3) is 6.31. The first-order valence-electron chi connectivity index (χ1n) is 8.03. The van der Waals surface area contributed by atoms with Crippen molar-refractivity contribution in [1.82, 2.24) is 5.32 Å². The summed E-state index contributed by atoms with van der Waals surface area (Å²) in [7, 11) is -1.93. The number of carbonyl (C=O) groups excluding carboxylic acids is 1. The Morgan fingerprint density at radius 3 is 2.41 bits per heavy atom. The van der Waals surface area contributed by atoms with Crippen molar-refractivity contribution in [2.45, 2.75) is 5.75 Å². The van der Waals surface area contributed by atoms with Gasteiger partial charge in [0.05, 0.1) is 11.9 Å². The molecule has 0 aliphatic rings. The molecule has 0 saturated heterocycles. The van der Waals surface area contributed by atoms with Crippen LogP contribution >= 0.6 is 35.0 Å². The maximum absolute atomic E-state index is 12.3. The van der Waals surface area contributed by atoms with Crippen molar-refractivity contribution >= 4 is 56.6 Å². The molecule has 27 heavy (non-hydrogen) atoms. The Labute approximate surface area is 174 Å². The molecule has 0 aliphatic heterocycles. The molecule has 146 valence electrons. The van der Waals surface area contributed by atoms with Gasteiger partial charge in [-0.2, -0.15) is 11.8 Å². The summed E-state index contributed by atoms with van der Waals surface area (Å²) in [6.07, 6.45) is 1.11. The summed E-state index contributed by atoms with van der Waals surface area (Å²) in [6.45, 7) is 0.470. The van der Waals surface area contributed by atoms with E-state index in [1.54, 1.807) is 54.2 Å². The molecule has 2 aromatic carbocycles. The van der Waals surface area contributed by atoms with E-state index in [1.807, 2.05) is 0 Å². The highest BCUT2D eigenvalue weighted by atomic mass is 35.5. The van der Waals surface area contributed by atoms with Crippen LogP contribution in [0.3, 0.4) is 0 Å². The minimum atomic E-state index is -3.38. The number of nitrogens with zero attached hydrogens (tertiary/aromatic N) is 1. The number of sulfonamides is 1. The normalized spacial score (nSPS) is 11.3. The number of hydrogen-bond donors (Lipinski definition) is 1. The number of carbonyl (C=O) groups is 1. The fourth-order valence-corrected chi connectivity index (χ4v) is 4.31. The van der Waals surface area contributed by atoms with E-state index in [4.69, 9.17) is 23.2 Å². The highest BCUT2D eigenvalue weighted by molar-refractivity contribution is 7.98. The molecular weight excluding hydrogens is 427 g/mol. The summed E-state index contributed by atoms with van der Waals surface area (Å²) in [5.41, 5.74) is 1.73. The lowest BCUT2D eigenvalue weighted by Gasteiger charge is -2.17. The molecule has 0 saturated carbocycles. The number of benzene rings is 2. The molecule has 0 aliphatic carbocycles. The van der Waals surface area contributed by atoms with Crippen molar-refractivity contribution in [3.05, 3.63) is 63.6 Å². The topological polar surface area (TPSA) is 66.5 Å². The number of anilines is 1. The van der Waals surface area contributed by atoms with Gasteiger partial charge >= 0.3 is 0 Å². The molecule has 0 atom stereocenters. The zero-order valence-corrected chi connectivity index (χ0v) is 18.1. The molecule has 0 unspecified atom stereocenters. The quantitative estimate of drug-likeness (QED) is 0.620. The zero-order chi connectivity index (χ0) is 20.0. The fraction of sp³-hybridized carbons (Fsp3) is 0.278. The molecule has 0 fully saturated rings. The van der Waals surface area contributed by atoms with Gasteiger partial charge in [0.1, 0.15) is 0 Å². The third-order valence-corrected chi connectivity index (χ3v) is 6.71. The van der Waals surface area contributed by atoms with E-state index in [1.165, 1.54) is 7.05 Å². The first-order valence-corrected chi connectivity index (χ1v) is 11.8. The van der Waals surface area contributed by atoms with Crippen molar-refractivity contribution in [2.75, 3.05) is 29.9 Å². The Kier molecular flexibility index (Phi) is 7.85. The summed E-state index contributed by atoms with van der Waals surface area (Å²) >= 11 is 13.9. The van der Waals surface area contributed by atoms with Crippen LogP contribution < -0.4 is 9.62 Å². The Morgan fingerprint density at radius 1 is 1.15 bits per heavy atom. The van der Waals surface area contributed by atoms with Crippen LogP contribution in [0.25, 0.3) is 0 Å². The maximum atomic E-state index is 12.3. The fourth-order valence-electron chi connectivity index (χ4n) is 2.22. The van der Waals surface area contributed by atoms with Gasteiger partial charge in [-0.1, -0.05) is 35.3 Å². The Morgan fingerprint density at radius 2 is 1.78 bits per heavy atom. The third-order valence-electron chi connectivity index (χ3n) is 3.81. The number of hydrogen-bond acceptors (Lipinski definition) is 4. The van der Waals surface area contributed by atoms with Crippen LogP contribution in [0.15, 0.2) is 42.5 Å². The van der Waals surface area contributed by atoms with Crippen molar-refractivity contribution < 1.29 is 13.2 Å². The average Bonchev–Trinajstić information content (AvgIpc) is 2.62. The minimum Gasteiger partial charge on any atom is -0.351 e. The van der Waals surface area contributed by atoms with Crippen LogP contribution in [0.1, 0.15) is 15.9 Å². The zero-order valence-electron chi connectivity index (χ0n) is 14.9. The van der Waals surface area contributed by atoms with Crippen molar-refractivity contribution in [3.63, 3.8) is 0 Å². The molecule has 0 aromatic heterocycles. The number of amides is 1. The second-order valence-electron chi connectivity index (χ2n) is 5.79. The number of nitrogens with one attached hydrogen (secondary N) is 1. The van der Waals surface area contributed by atoms with Gasteiger partial charge in [-0.15, -0.1) is 0 Å². The van der Waals surface area contributed by atoms with Gasteiger partial charge in [0, 0.05) is 40.7 Å². The van der Waals surface area contributed by atoms with Gasteiger partial charge in [-0.05, 0) is 35.9 Å². The molecule has 2 rings (SSSR count). The molecule has 9 heteroatoms. The molecule has 0 spiro atoms. The van der Waals surface area contributed by atoms with Crippen LogP contribution in [0, 0.1) is 0 Å². The standard InChI is InChI=1S/C18H20Cl2N2O3S2/c1-22(27(2,24)25)14-6-3-5-13(11-14)18(23)21-9-10-26-12-15-16(19)7-4-8-17(15)20/h3-8,11H,9-10,12H2,1-2H3,(H,21,23). The summed E-state index contributed by atoms with van der Waals surface area (Å²) in [5.74, 6) is 1.09. The highest BCUT2D eigenvalue weighted by Crippen LogP contribution is 2.28. The van der Waals surface area contributed by atoms with Gasteiger partial charge in [0.2, 0.25) is 10.0 Å². The lowest BCUT2D eigenvalue weighted by molar-refractivity contribution is 0.0956. The largest absolute Gasteiger partial charge is 0.351 e. The molecule has 0 heterocycles. The van der Waals surface area contributed by atoms with E-state index in [0.29, 0.717) is 39.3 Å². The Bertz CT molecular complexity index is 900. The summed E-state index contributed by atoms with van der Waals surface area (Å²) in [5, 5.41) is 4.09. The van der Waals surface area contributed by atoms with E-state index < -0.39 is 10.0 Å². The van der Waals surface area contributed by atoms with Crippen LogP contribution in [0.2, 0.25) is 10.0 Å². The predicted molar refractivity (Wildman–Crippen MR) is 115 cm³/mol. The first kappa shape index (κ1) is 21.9. The second kappa shape index (κ2) is 9.68. The molecule has 5 nitrogen and oxygen atoms in total. The summed E-state index contributed by atoms with van der Waals surface area (Å²) in [6, 6.07) is 11.9. The van der Waals surface area contributed by atoms with Crippen LogP contribution in [0.5, 0.6) is 0 Å². The van der Waals surface area contributed by atoms with E-state index >= 15 is 0 Å². The molecule has 0 bridgehead atoms. The van der Waals surface area contributed by atoms with Crippen LogP contribution in [-0.2, 0) is 15.8 Å². The summed E-state index contributed by atoms with van der Waals surface area (Å²) < 4.78 is 24.4. The summed E-state index contributed by atoms with van der Waals surface area (Å²) in [4.78, 5) is 12.3. The first-order chi connectivity index (χ1) is 12.7. The van der Waals surface area contributed by atoms with E-state index in [0.717, 1.165) is 16.1 Å². The molecule has 1 N–H and O–H groups in total. The maximum Gasteiger partial charge on any atom is 0.251 e. The van der Waals surface area contributed by atoms with Gasteiger partial charge in [-0.3, -0.25) is 9.10 Å². The van der Waals surface area contributed by atoms with Crippen molar-refractivity contribution in [3.8, 4) is 0 Å². The van der Waals surface area contributed by atoms with Gasteiger partial charge < -0.3 is 5.32 Å². The van der Waals surface area contributed by atoms with Crippen LogP contribution in [0.4, 0.5) is 5.69 Å². The SMILES string of the molecule is CN(c1cccc(C(=O)NCCSCc2c(Cl)cccc2Cl)c1)S(C)(=O)=O.